The van der Waals surface area contributed by atoms with Gasteiger partial charge in [-0.15, -0.1) is 0 Å². The molecule has 0 saturated carbocycles. The molecule has 2 rings (SSSR count). The normalized spacial score (nSPS) is 21.5. The van der Waals surface area contributed by atoms with Crippen LogP contribution in [-0.2, 0) is 0 Å². The molecule has 0 bridgehead atoms. The van der Waals surface area contributed by atoms with Crippen LogP contribution in [0.3, 0.4) is 0 Å². The van der Waals surface area contributed by atoms with Crippen LogP contribution in [0.2, 0.25) is 0 Å². The highest BCUT2D eigenvalue weighted by atomic mass is 19.1. The van der Waals surface area contributed by atoms with Gasteiger partial charge < -0.3 is 15.5 Å². The molecule has 2 N–H and O–H groups in total. The van der Waals surface area contributed by atoms with Crippen molar-refractivity contribution in [2.24, 2.45) is 0 Å². The molecule has 1 aromatic carbocycles. The third-order valence-corrected chi connectivity index (χ3v) is 3.54. The van der Waals surface area contributed by atoms with Gasteiger partial charge in [-0.05, 0) is 44.6 Å². The maximum atomic E-state index is 13.4. The van der Waals surface area contributed by atoms with Crippen molar-refractivity contribution < 1.29 is 4.39 Å². The molecule has 1 unspecified atom stereocenters. The highest BCUT2D eigenvalue weighted by Crippen LogP contribution is 2.23. The van der Waals surface area contributed by atoms with Crippen molar-refractivity contribution in [2.45, 2.75) is 18.9 Å². The average Bonchev–Trinajstić information content (AvgIpc) is 2.32. The summed E-state index contributed by atoms with van der Waals surface area (Å²) in [6.45, 7) is 2.18. The molecule has 1 fully saturated rings. The molecule has 1 aliphatic heterocycles. The van der Waals surface area contributed by atoms with Crippen molar-refractivity contribution in [3.05, 3.63) is 24.0 Å². The number of rotatable bonds is 2. The van der Waals surface area contributed by atoms with Crippen LogP contribution in [0, 0.1) is 5.82 Å². The second kappa shape index (κ2) is 4.92. The zero-order valence-corrected chi connectivity index (χ0v) is 10.5. The molecule has 17 heavy (non-hydrogen) atoms. The fraction of sp³-hybridized carbons (Fsp3) is 0.538. The van der Waals surface area contributed by atoms with Crippen LogP contribution < -0.4 is 10.6 Å². The molecule has 94 valence electrons. The standard InChI is InChI=1S/C13H20FN3/c1-16-7-3-4-11(9-16)17(2)10-5-6-13(15)12(14)8-10/h5-6,8,11H,3-4,7,9,15H2,1-2H3. The zero-order valence-electron chi connectivity index (χ0n) is 10.5. The number of nitrogens with zero attached hydrogens (tertiary/aromatic N) is 2. The lowest BCUT2D eigenvalue weighted by atomic mass is 10.0. The summed E-state index contributed by atoms with van der Waals surface area (Å²) in [7, 11) is 4.15. The Kier molecular flexibility index (Phi) is 3.52. The minimum absolute atomic E-state index is 0.211. The molecule has 1 saturated heterocycles. The van der Waals surface area contributed by atoms with E-state index < -0.39 is 0 Å². The Labute approximate surface area is 102 Å². The molecule has 0 spiro atoms. The van der Waals surface area contributed by atoms with Crippen LogP contribution in [0.5, 0.6) is 0 Å². The lowest BCUT2D eigenvalue weighted by Gasteiger charge is -2.37. The molecular formula is C13H20FN3. The Bertz CT molecular complexity index is 394. The molecule has 0 amide bonds. The largest absolute Gasteiger partial charge is 0.396 e. The molecule has 0 radical (unpaired) electrons. The quantitative estimate of drug-likeness (QED) is 0.798. The number of nitrogens with two attached hydrogens (primary N) is 1. The Morgan fingerprint density at radius 2 is 2.24 bits per heavy atom. The Balaban J connectivity index is 2.12. The first-order valence-corrected chi connectivity index (χ1v) is 6.04. The van der Waals surface area contributed by atoms with Crippen molar-refractivity contribution in [3.63, 3.8) is 0 Å². The van der Waals surface area contributed by atoms with E-state index in [-0.39, 0.29) is 11.5 Å². The van der Waals surface area contributed by atoms with Crippen LogP contribution in [0.1, 0.15) is 12.8 Å². The summed E-state index contributed by atoms with van der Waals surface area (Å²) >= 11 is 0. The number of halogens is 1. The van der Waals surface area contributed by atoms with E-state index in [9.17, 15) is 4.39 Å². The number of hydrogen-bond donors (Lipinski definition) is 1. The number of anilines is 2. The second-order valence-corrected chi connectivity index (χ2v) is 4.88. The van der Waals surface area contributed by atoms with E-state index in [1.54, 1.807) is 6.07 Å². The van der Waals surface area contributed by atoms with Crippen molar-refractivity contribution >= 4 is 11.4 Å². The minimum Gasteiger partial charge on any atom is -0.396 e. The molecule has 0 aromatic heterocycles. The fourth-order valence-electron chi connectivity index (χ4n) is 2.40. The van der Waals surface area contributed by atoms with E-state index in [1.165, 1.54) is 12.5 Å². The van der Waals surface area contributed by atoms with E-state index in [0.717, 1.165) is 25.2 Å². The van der Waals surface area contributed by atoms with Crippen molar-refractivity contribution in [2.75, 3.05) is 37.8 Å². The molecular weight excluding hydrogens is 217 g/mol. The number of benzene rings is 1. The molecule has 4 heteroatoms. The SMILES string of the molecule is CN1CCCC(N(C)c2ccc(N)c(F)c2)C1. The molecule has 1 atom stereocenters. The first-order chi connectivity index (χ1) is 8.08. The third-order valence-electron chi connectivity index (χ3n) is 3.54. The van der Waals surface area contributed by atoms with Gasteiger partial charge in [-0.3, -0.25) is 0 Å². The summed E-state index contributed by atoms with van der Waals surface area (Å²) in [5, 5.41) is 0. The van der Waals surface area contributed by atoms with Gasteiger partial charge in [-0.1, -0.05) is 0 Å². The molecule has 1 heterocycles. The van der Waals surface area contributed by atoms with Crippen LogP contribution in [-0.4, -0.2) is 38.1 Å². The topological polar surface area (TPSA) is 32.5 Å². The maximum absolute atomic E-state index is 13.4. The van der Waals surface area contributed by atoms with Gasteiger partial charge in [0.15, 0.2) is 0 Å². The Morgan fingerprint density at radius 3 is 2.88 bits per heavy atom. The smallest absolute Gasteiger partial charge is 0.148 e. The van der Waals surface area contributed by atoms with Crippen molar-refractivity contribution in [1.29, 1.82) is 0 Å². The van der Waals surface area contributed by atoms with Crippen LogP contribution in [0.15, 0.2) is 18.2 Å². The third kappa shape index (κ3) is 2.69. The summed E-state index contributed by atoms with van der Waals surface area (Å²) in [5.41, 5.74) is 6.60. The summed E-state index contributed by atoms with van der Waals surface area (Å²) < 4.78 is 13.4. The molecule has 1 aliphatic rings. The van der Waals surface area contributed by atoms with Gasteiger partial charge in [-0.25, -0.2) is 4.39 Å². The lowest BCUT2D eigenvalue weighted by Crippen LogP contribution is -2.45. The predicted octanol–water partition coefficient (Wildman–Crippen LogP) is 1.94. The van der Waals surface area contributed by atoms with Gasteiger partial charge in [0.05, 0.1) is 5.69 Å². The zero-order chi connectivity index (χ0) is 12.4. The highest BCUT2D eigenvalue weighted by Gasteiger charge is 2.21. The van der Waals surface area contributed by atoms with Crippen LogP contribution >= 0.6 is 0 Å². The number of piperidine rings is 1. The average molecular weight is 237 g/mol. The summed E-state index contributed by atoms with van der Waals surface area (Å²) in [6, 6.07) is 5.49. The number of nitrogen functional groups attached to an aromatic ring is 1. The maximum Gasteiger partial charge on any atom is 0.148 e. The molecule has 0 aliphatic carbocycles. The first-order valence-electron chi connectivity index (χ1n) is 6.04. The van der Waals surface area contributed by atoms with E-state index >= 15 is 0 Å². The number of hydrogen-bond acceptors (Lipinski definition) is 3. The predicted molar refractivity (Wildman–Crippen MR) is 69.7 cm³/mol. The number of likely N-dealkylation sites (N-methyl/N-ethyl adjacent to an activating group) is 2. The van der Waals surface area contributed by atoms with Gasteiger partial charge in [0.1, 0.15) is 5.82 Å². The molecule has 3 nitrogen and oxygen atoms in total. The molecule has 1 aromatic rings. The van der Waals surface area contributed by atoms with Crippen LogP contribution in [0.4, 0.5) is 15.8 Å². The first kappa shape index (κ1) is 12.2. The minimum atomic E-state index is -0.335. The fourth-order valence-corrected chi connectivity index (χ4v) is 2.40. The number of likely N-dealkylation sites (tertiary alicyclic amines) is 1. The van der Waals surface area contributed by atoms with E-state index in [0.29, 0.717) is 6.04 Å². The van der Waals surface area contributed by atoms with Gasteiger partial charge in [0.2, 0.25) is 0 Å². The van der Waals surface area contributed by atoms with E-state index in [2.05, 4.69) is 16.8 Å². The van der Waals surface area contributed by atoms with Crippen molar-refractivity contribution in [1.82, 2.24) is 4.90 Å². The highest BCUT2D eigenvalue weighted by molar-refractivity contribution is 5.54. The van der Waals surface area contributed by atoms with Gasteiger partial charge in [-0.2, -0.15) is 0 Å². The Hall–Kier alpha value is -1.29. The van der Waals surface area contributed by atoms with E-state index in [4.69, 9.17) is 5.73 Å². The summed E-state index contributed by atoms with van der Waals surface area (Å²) in [4.78, 5) is 4.47. The second-order valence-electron chi connectivity index (χ2n) is 4.88. The van der Waals surface area contributed by atoms with Gasteiger partial charge in [0, 0.05) is 25.3 Å². The van der Waals surface area contributed by atoms with Crippen LogP contribution in [0.25, 0.3) is 0 Å². The van der Waals surface area contributed by atoms with Gasteiger partial charge in [0.25, 0.3) is 0 Å². The summed E-state index contributed by atoms with van der Waals surface area (Å²) in [5.74, 6) is -0.335. The van der Waals surface area contributed by atoms with Gasteiger partial charge >= 0.3 is 0 Å². The van der Waals surface area contributed by atoms with E-state index in [1.807, 2.05) is 13.1 Å². The Morgan fingerprint density at radius 1 is 1.47 bits per heavy atom. The lowest BCUT2D eigenvalue weighted by molar-refractivity contribution is 0.248. The van der Waals surface area contributed by atoms with Crippen molar-refractivity contribution in [3.8, 4) is 0 Å². The summed E-state index contributed by atoms with van der Waals surface area (Å²) in [6.07, 6.45) is 2.36. The monoisotopic (exact) mass is 237 g/mol.